The van der Waals surface area contributed by atoms with Crippen molar-refractivity contribution in [1.29, 1.82) is 0 Å². The van der Waals surface area contributed by atoms with Gasteiger partial charge in [0, 0.05) is 17.1 Å². The lowest BCUT2D eigenvalue weighted by Gasteiger charge is -2.01. The average Bonchev–Trinajstić information content (AvgIpc) is 3.04. The van der Waals surface area contributed by atoms with Crippen molar-refractivity contribution in [2.24, 2.45) is 0 Å². The van der Waals surface area contributed by atoms with Crippen LogP contribution >= 0.6 is 0 Å². The maximum atomic E-state index is 11.9. The third-order valence-electron chi connectivity index (χ3n) is 3.03. The molecule has 0 aliphatic heterocycles. The standard InChI is InChI=1S/C14H14N4O2/c1-9-17-14(20-18-9)8-16-13(19)6-10-7-15-12-5-3-2-4-11(10)12/h2-5,7,15H,6,8H2,1H3,(H,16,19). The molecule has 1 aromatic carbocycles. The van der Waals surface area contributed by atoms with Crippen LogP contribution < -0.4 is 5.32 Å². The van der Waals surface area contributed by atoms with Gasteiger partial charge in [0.1, 0.15) is 0 Å². The number of nitrogens with one attached hydrogen (secondary N) is 2. The van der Waals surface area contributed by atoms with E-state index in [9.17, 15) is 4.79 Å². The molecule has 2 aromatic heterocycles. The highest BCUT2D eigenvalue weighted by atomic mass is 16.5. The first-order valence-corrected chi connectivity index (χ1v) is 6.33. The van der Waals surface area contributed by atoms with Crippen LogP contribution in [0, 0.1) is 6.92 Å². The largest absolute Gasteiger partial charge is 0.361 e. The molecule has 0 radical (unpaired) electrons. The van der Waals surface area contributed by atoms with Crippen LogP contribution in [0.4, 0.5) is 0 Å². The number of hydrogen-bond donors (Lipinski definition) is 2. The molecule has 6 heteroatoms. The Morgan fingerprint density at radius 1 is 1.40 bits per heavy atom. The van der Waals surface area contributed by atoms with Crippen LogP contribution in [0.2, 0.25) is 0 Å². The zero-order chi connectivity index (χ0) is 13.9. The zero-order valence-electron chi connectivity index (χ0n) is 11.0. The smallest absolute Gasteiger partial charge is 0.246 e. The Labute approximate surface area is 115 Å². The molecule has 0 unspecified atom stereocenters. The van der Waals surface area contributed by atoms with E-state index in [-0.39, 0.29) is 12.5 Å². The molecule has 0 spiro atoms. The van der Waals surface area contributed by atoms with Crippen LogP contribution in [0.25, 0.3) is 10.9 Å². The van der Waals surface area contributed by atoms with Crippen LogP contribution in [0.5, 0.6) is 0 Å². The van der Waals surface area contributed by atoms with Gasteiger partial charge < -0.3 is 14.8 Å². The van der Waals surface area contributed by atoms with E-state index >= 15 is 0 Å². The molecule has 102 valence electrons. The first-order valence-electron chi connectivity index (χ1n) is 6.33. The molecule has 20 heavy (non-hydrogen) atoms. The number of nitrogens with zero attached hydrogens (tertiary/aromatic N) is 2. The first-order chi connectivity index (χ1) is 9.72. The highest BCUT2D eigenvalue weighted by molar-refractivity contribution is 5.88. The van der Waals surface area contributed by atoms with Gasteiger partial charge in [0.05, 0.1) is 13.0 Å². The van der Waals surface area contributed by atoms with Crippen molar-refractivity contribution >= 4 is 16.8 Å². The van der Waals surface area contributed by atoms with Gasteiger partial charge in [0.25, 0.3) is 0 Å². The molecule has 0 bridgehead atoms. The topological polar surface area (TPSA) is 83.8 Å². The van der Waals surface area contributed by atoms with Gasteiger partial charge in [-0.25, -0.2) is 0 Å². The third-order valence-corrected chi connectivity index (χ3v) is 3.03. The predicted octanol–water partition coefficient (Wildman–Crippen LogP) is 1.72. The summed E-state index contributed by atoms with van der Waals surface area (Å²) in [5.41, 5.74) is 2.00. The maximum absolute atomic E-state index is 11.9. The van der Waals surface area contributed by atoms with Gasteiger partial charge in [-0.2, -0.15) is 4.98 Å². The van der Waals surface area contributed by atoms with E-state index in [1.165, 1.54) is 0 Å². The van der Waals surface area contributed by atoms with E-state index in [2.05, 4.69) is 20.4 Å². The summed E-state index contributed by atoms with van der Waals surface area (Å²) in [6, 6.07) is 7.90. The van der Waals surface area contributed by atoms with Crippen LogP contribution in [-0.4, -0.2) is 21.0 Å². The highest BCUT2D eigenvalue weighted by Crippen LogP contribution is 2.17. The number of fused-ring (bicyclic) bond motifs is 1. The summed E-state index contributed by atoms with van der Waals surface area (Å²) in [6.07, 6.45) is 2.18. The van der Waals surface area contributed by atoms with Crippen molar-refractivity contribution in [1.82, 2.24) is 20.4 Å². The van der Waals surface area contributed by atoms with E-state index < -0.39 is 0 Å². The lowest BCUT2D eigenvalue weighted by Crippen LogP contribution is -2.24. The monoisotopic (exact) mass is 270 g/mol. The summed E-state index contributed by atoms with van der Waals surface area (Å²) in [7, 11) is 0. The van der Waals surface area contributed by atoms with E-state index in [0.717, 1.165) is 16.5 Å². The Hall–Kier alpha value is -2.63. The molecular weight excluding hydrogens is 256 g/mol. The minimum Gasteiger partial charge on any atom is -0.361 e. The van der Waals surface area contributed by atoms with Crippen LogP contribution in [-0.2, 0) is 17.8 Å². The number of amides is 1. The van der Waals surface area contributed by atoms with Crippen molar-refractivity contribution in [3.05, 3.63) is 47.7 Å². The molecule has 3 aromatic rings. The Morgan fingerprint density at radius 2 is 2.25 bits per heavy atom. The number of hydrogen-bond acceptors (Lipinski definition) is 4. The van der Waals surface area contributed by atoms with Gasteiger partial charge in [0.15, 0.2) is 5.82 Å². The molecular formula is C14H14N4O2. The Kier molecular flexibility index (Phi) is 3.20. The predicted molar refractivity (Wildman–Crippen MR) is 72.9 cm³/mol. The number of aromatic nitrogens is 3. The maximum Gasteiger partial charge on any atom is 0.246 e. The van der Waals surface area contributed by atoms with Gasteiger partial charge in [-0.1, -0.05) is 23.4 Å². The van der Waals surface area contributed by atoms with Crippen molar-refractivity contribution < 1.29 is 9.32 Å². The molecule has 2 heterocycles. The van der Waals surface area contributed by atoms with Crippen molar-refractivity contribution in [3.8, 4) is 0 Å². The zero-order valence-corrected chi connectivity index (χ0v) is 11.0. The minimum absolute atomic E-state index is 0.0781. The van der Waals surface area contributed by atoms with E-state index in [1.807, 2.05) is 30.5 Å². The SMILES string of the molecule is Cc1noc(CNC(=O)Cc2c[nH]c3ccccc23)n1. The molecule has 2 N–H and O–H groups in total. The number of carbonyl (C=O) groups is 1. The second kappa shape index (κ2) is 5.16. The Morgan fingerprint density at radius 3 is 3.05 bits per heavy atom. The lowest BCUT2D eigenvalue weighted by atomic mass is 10.1. The Bertz CT molecular complexity index is 744. The number of carbonyl (C=O) groups excluding carboxylic acids is 1. The fourth-order valence-corrected chi connectivity index (χ4v) is 2.10. The summed E-state index contributed by atoms with van der Waals surface area (Å²) in [6.45, 7) is 1.99. The fraction of sp³-hybridized carbons (Fsp3) is 0.214. The number of H-pyrrole nitrogens is 1. The molecule has 0 aliphatic rings. The average molecular weight is 270 g/mol. The quantitative estimate of drug-likeness (QED) is 0.756. The number of aromatic amines is 1. The van der Waals surface area contributed by atoms with Crippen molar-refractivity contribution in [3.63, 3.8) is 0 Å². The van der Waals surface area contributed by atoms with Gasteiger partial charge >= 0.3 is 0 Å². The summed E-state index contributed by atoms with van der Waals surface area (Å²) in [5.74, 6) is 0.895. The third kappa shape index (κ3) is 2.54. The number of aryl methyl sites for hydroxylation is 1. The summed E-state index contributed by atoms with van der Waals surface area (Å²) in [4.78, 5) is 19.1. The molecule has 0 atom stereocenters. The number of para-hydroxylation sites is 1. The summed E-state index contributed by atoms with van der Waals surface area (Å²) >= 11 is 0. The normalized spacial score (nSPS) is 10.8. The molecule has 1 amide bonds. The van der Waals surface area contributed by atoms with Crippen molar-refractivity contribution in [2.75, 3.05) is 0 Å². The molecule has 0 fully saturated rings. The van der Waals surface area contributed by atoms with Gasteiger partial charge in [0.2, 0.25) is 11.8 Å². The molecule has 3 rings (SSSR count). The Balaban J connectivity index is 1.64. The summed E-state index contributed by atoms with van der Waals surface area (Å²) in [5, 5.41) is 7.50. The van der Waals surface area contributed by atoms with E-state index in [0.29, 0.717) is 18.1 Å². The summed E-state index contributed by atoms with van der Waals surface area (Å²) < 4.78 is 4.94. The fourth-order valence-electron chi connectivity index (χ4n) is 2.10. The molecule has 0 saturated carbocycles. The van der Waals surface area contributed by atoms with Gasteiger partial charge in [-0.05, 0) is 18.6 Å². The second-order valence-corrected chi connectivity index (χ2v) is 4.55. The van der Waals surface area contributed by atoms with Crippen LogP contribution in [0.1, 0.15) is 17.3 Å². The van der Waals surface area contributed by atoms with Crippen molar-refractivity contribution in [2.45, 2.75) is 19.9 Å². The second-order valence-electron chi connectivity index (χ2n) is 4.55. The number of rotatable bonds is 4. The first kappa shape index (κ1) is 12.4. The van der Waals surface area contributed by atoms with E-state index in [1.54, 1.807) is 6.92 Å². The van der Waals surface area contributed by atoms with Crippen LogP contribution in [0.3, 0.4) is 0 Å². The van der Waals surface area contributed by atoms with Gasteiger partial charge in [-0.3, -0.25) is 4.79 Å². The molecule has 0 saturated heterocycles. The van der Waals surface area contributed by atoms with E-state index in [4.69, 9.17) is 4.52 Å². The number of benzene rings is 1. The minimum atomic E-state index is -0.0781. The van der Waals surface area contributed by atoms with Crippen LogP contribution in [0.15, 0.2) is 35.0 Å². The highest BCUT2D eigenvalue weighted by Gasteiger charge is 2.10. The molecule has 0 aliphatic carbocycles. The van der Waals surface area contributed by atoms with Gasteiger partial charge in [-0.15, -0.1) is 0 Å². The molecule has 6 nitrogen and oxygen atoms in total. The lowest BCUT2D eigenvalue weighted by molar-refractivity contribution is -0.120.